The van der Waals surface area contributed by atoms with Crippen LogP contribution in [-0.4, -0.2) is 4.98 Å². The number of aryl methyl sites for hydroxylation is 3. The van der Waals surface area contributed by atoms with Gasteiger partial charge in [0.1, 0.15) is 11.2 Å². The summed E-state index contributed by atoms with van der Waals surface area (Å²) >= 11 is 0. The van der Waals surface area contributed by atoms with E-state index in [1.165, 1.54) is 49.7 Å². The van der Waals surface area contributed by atoms with Crippen molar-refractivity contribution >= 4 is 32.7 Å². The first-order valence-electron chi connectivity index (χ1n) is 14.7. The molecule has 5 aromatic carbocycles. The van der Waals surface area contributed by atoms with Gasteiger partial charge in [-0.25, -0.2) is 0 Å². The van der Waals surface area contributed by atoms with Crippen LogP contribution in [0.2, 0.25) is 0 Å². The molecule has 2 nitrogen and oxygen atoms in total. The fraction of sp³-hybridized carbons (Fsp3) is 0.175. The molecular weight excluding hydrogens is 510 g/mol. The first-order valence-corrected chi connectivity index (χ1v) is 14.7. The second-order valence-corrected chi connectivity index (χ2v) is 12.7. The van der Waals surface area contributed by atoms with Gasteiger partial charge in [0.25, 0.3) is 0 Å². The molecule has 0 fully saturated rings. The second-order valence-electron chi connectivity index (χ2n) is 12.7. The molecule has 42 heavy (non-hydrogen) atoms. The first kappa shape index (κ1) is 26.2. The van der Waals surface area contributed by atoms with Crippen LogP contribution < -0.4 is 0 Å². The van der Waals surface area contributed by atoms with Gasteiger partial charge in [0.15, 0.2) is 0 Å². The molecule has 2 aromatic heterocycles. The highest BCUT2D eigenvalue weighted by molar-refractivity contribution is 6.09. The number of nitrogens with zero attached hydrogens (tertiary/aromatic N) is 1. The van der Waals surface area contributed by atoms with Crippen LogP contribution in [0, 0.1) is 20.8 Å². The van der Waals surface area contributed by atoms with Gasteiger partial charge < -0.3 is 4.42 Å². The summed E-state index contributed by atoms with van der Waals surface area (Å²) in [5.74, 6) is 0. The van der Waals surface area contributed by atoms with Gasteiger partial charge in [0.2, 0.25) is 0 Å². The van der Waals surface area contributed by atoms with E-state index in [2.05, 4.69) is 139 Å². The fourth-order valence-electron chi connectivity index (χ4n) is 6.11. The van der Waals surface area contributed by atoms with E-state index >= 15 is 0 Å². The number of fused-ring (bicyclic) bond motifs is 4. The van der Waals surface area contributed by atoms with Crippen molar-refractivity contribution in [1.82, 2.24) is 4.98 Å². The van der Waals surface area contributed by atoms with Crippen molar-refractivity contribution in [3.05, 3.63) is 126 Å². The SMILES string of the molecule is Cc1ccc2c(c1)oc1c(-c3cc(-c4cc5ccc(-c6ccc(C(C)(C)C)cc6)cc5cc4C)c(C)cn3)cccc12. The lowest BCUT2D eigenvalue weighted by Crippen LogP contribution is -2.10. The number of benzene rings is 5. The highest BCUT2D eigenvalue weighted by Crippen LogP contribution is 2.38. The van der Waals surface area contributed by atoms with E-state index in [1.54, 1.807) is 0 Å². The van der Waals surface area contributed by atoms with Crippen LogP contribution in [0.15, 0.2) is 108 Å². The van der Waals surface area contributed by atoms with Gasteiger partial charge in [0.05, 0.1) is 5.69 Å². The Labute approximate surface area is 247 Å². The minimum absolute atomic E-state index is 0.151. The molecule has 0 bridgehead atoms. The summed E-state index contributed by atoms with van der Waals surface area (Å²) in [5.41, 5.74) is 13.8. The topological polar surface area (TPSA) is 26.0 Å². The van der Waals surface area contributed by atoms with Crippen LogP contribution in [-0.2, 0) is 5.41 Å². The van der Waals surface area contributed by atoms with Crippen LogP contribution in [0.3, 0.4) is 0 Å². The maximum absolute atomic E-state index is 6.41. The van der Waals surface area contributed by atoms with Crippen molar-refractivity contribution < 1.29 is 4.42 Å². The average molecular weight is 546 g/mol. The van der Waals surface area contributed by atoms with Crippen LogP contribution in [0.5, 0.6) is 0 Å². The molecule has 0 aliphatic carbocycles. The zero-order valence-electron chi connectivity index (χ0n) is 25.2. The Kier molecular flexibility index (Phi) is 6.06. The molecule has 0 N–H and O–H groups in total. The maximum atomic E-state index is 6.41. The molecule has 0 spiro atoms. The molecule has 2 heteroatoms. The normalized spacial score (nSPS) is 12.0. The number of pyridine rings is 1. The molecule has 0 aliphatic heterocycles. The van der Waals surface area contributed by atoms with E-state index in [9.17, 15) is 0 Å². The standard InChI is InChI=1S/C40H35NO/c1-24-10-17-32-33-8-7-9-34(39(33)42-38(32)18-24)37-22-36(26(3)23-41-37)35-21-29-12-11-28(20-30(29)19-25(35)2)27-13-15-31(16-14-27)40(4,5)6/h7-23H,1-6H3. The Morgan fingerprint density at radius 3 is 2.14 bits per heavy atom. The Balaban J connectivity index is 1.30. The number of rotatable bonds is 3. The summed E-state index contributed by atoms with van der Waals surface area (Å²) in [4.78, 5) is 4.87. The Morgan fingerprint density at radius 2 is 1.36 bits per heavy atom. The lowest BCUT2D eigenvalue weighted by molar-refractivity contribution is 0.590. The van der Waals surface area contributed by atoms with Gasteiger partial charge in [0, 0.05) is 22.5 Å². The van der Waals surface area contributed by atoms with E-state index in [0.717, 1.165) is 38.8 Å². The van der Waals surface area contributed by atoms with Crippen LogP contribution in [0.1, 0.15) is 43.0 Å². The molecule has 2 heterocycles. The molecule has 0 radical (unpaired) electrons. The van der Waals surface area contributed by atoms with Gasteiger partial charge in [-0.1, -0.05) is 87.5 Å². The van der Waals surface area contributed by atoms with E-state index < -0.39 is 0 Å². The van der Waals surface area contributed by atoms with Crippen LogP contribution in [0.25, 0.3) is 66.2 Å². The molecule has 0 amide bonds. The van der Waals surface area contributed by atoms with Gasteiger partial charge in [-0.3, -0.25) is 4.98 Å². The van der Waals surface area contributed by atoms with E-state index in [4.69, 9.17) is 9.40 Å². The lowest BCUT2D eigenvalue weighted by Gasteiger charge is -2.19. The van der Waals surface area contributed by atoms with Crippen molar-refractivity contribution in [3.8, 4) is 33.5 Å². The Bertz CT molecular complexity index is 2140. The zero-order valence-corrected chi connectivity index (χ0v) is 25.2. The molecule has 0 aliphatic rings. The number of aromatic nitrogens is 1. The summed E-state index contributed by atoms with van der Waals surface area (Å²) in [5, 5.41) is 4.75. The Hall–Kier alpha value is -4.69. The Morgan fingerprint density at radius 1 is 0.595 bits per heavy atom. The highest BCUT2D eigenvalue weighted by atomic mass is 16.3. The number of hydrogen-bond donors (Lipinski definition) is 0. The highest BCUT2D eigenvalue weighted by Gasteiger charge is 2.16. The van der Waals surface area contributed by atoms with Gasteiger partial charge in [-0.15, -0.1) is 0 Å². The molecule has 206 valence electrons. The van der Waals surface area contributed by atoms with Crippen LogP contribution in [0.4, 0.5) is 0 Å². The third-order valence-corrected chi connectivity index (χ3v) is 8.59. The quantitative estimate of drug-likeness (QED) is 0.221. The maximum Gasteiger partial charge on any atom is 0.144 e. The van der Waals surface area contributed by atoms with Gasteiger partial charge in [-0.2, -0.15) is 0 Å². The summed E-state index contributed by atoms with van der Waals surface area (Å²) in [6, 6.07) is 35.4. The molecule has 0 saturated heterocycles. The monoisotopic (exact) mass is 545 g/mol. The number of hydrogen-bond acceptors (Lipinski definition) is 2. The van der Waals surface area contributed by atoms with Crippen LogP contribution >= 0.6 is 0 Å². The third-order valence-electron chi connectivity index (χ3n) is 8.59. The van der Waals surface area contributed by atoms with Crippen molar-refractivity contribution in [1.29, 1.82) is 0 Å². The molecule has 7 aromatic rings. The minimum Gasteiger partial charge on any atom is -0.455 e. The van der Waals surface area contributed by atoms with Gasteiger partial charge >= 0.3 is 0 Å². The minimum atomic E-state index is 0.151. The molecule has 7 rings (SSSR count). The summed E-state index contributed by atoms with van der Waals surface area (Å²) in [6.07, 6.45) is 1.99. The van der Waals surface area contributed by atoms with Crippen molar-refractivity contribution in [3.63, 3.8) is 0 Å². The van der Waals surface area contributed by atoms with E-state index in [1.807, 2.05) is 6.20 Å². The third kappa shape index (κ3) is 4.48. The van der Waals surface area contributed by atoms with Crippen molar-refractivity contribution in [2.45, 2.75) is 47.0 Å². The summed E-state index contributed by atoms with van der Waals surface area (Å²) < 4.78 is 6.41. The fourth-order valence-corrected chi connectivity index (χ4v) is 6.11. The first-order chi connectivity index (χ1) is 20.2. The van der Waals surface area contributed by atoms with E-state index in [-0.39, 0.29) is 5.41 Å². The summed E-state index contributed by atoms with van der Waals surface area (Å²) in [7, 11) is 0. The predicted molar refractivity (Wildman–Crippen MR) is 178 cm³/mol. The predicted octanol–water partition coefficient (Wildman–Crippen LogP) is 11.4. The summed E-state index contributed by atoms with van der Waals surface area (Å²) in [6.45, 7) is 13.2. The average Bonchev–Trinajstić information content (AvgIpc) is 3.34. The number of furan rings is 1. The molecule has 0 saturated carbocycles. The molecule has 0 atom stereocenters. The van der Waals surface area contributed by atoms with E-state index in [0.29, 0.717) is 0 Å². The number of para-hydroxylation sites is 1. The molecular formula is C40H35NO. The second kappa shape index (κ2) is 9.70. The van der Waals surface area contributed by atoms with Crippen molar-refractivity contribution in [2.75, 3.05) is 0 Å². The zero-order chi connectivity index (χ0) is 29.2. The van der Waals surface area contributed by atoms with Crippen molar-refractivity contribution in [2.24, 2.45) is 0 Å². The lowest BCUT2D eigenvalue weighted by atomic mass is 9.86. The molecule has 0 unspecified atom stereocenters. The van der Waals surface area contributed by atoms with Gasteiger partial charge in [-0.05, 0) is 112 Å². The largest absolute Gasteiger partial charge is 0.455 e. The smallest absolute Gasteiger partial charge is 0.144 e.